The number of carbonyl (C=O) groups is 4. The molecule has 69 heavy (non-hydrogen) atoms. The lowest BCUT2D eigenvalue weighted by molar-refractivity contribution is -0.136. The molecular weight excluding hydrogens is 869 g/mol. The number of ether oxygens (including phenoxy) is 2. The number of H-pyrrole nitrogens is 2. The van der Waals surface area contributed by atoms with Gasteiger partial charge < -0.3 is 39.9 Å². The number of hydrogen-bond acceptors (Lipinski definition) is 8. The van der Waals surface area contributed by atoms with Crippen molar-refractivity contribution in [2.45, 2.75) is 98.3 Å². The Labute approximate surface area is 403 Å². The van der Waals surface area contributed by atoms with E-state index in [-0.39, 0.29) is 47.6 Å². The summed E-state index contributed by atoms with van der Waals surface area (Å²) in [7, 11) is 2.61. The fourth-order valence-electron chi connectivity index (χ4n) is 10.6. The van der Waals surface area contributed by atoms with Gasteiger partial charge in [0.1, 0.15) is 23.7 Å². The number of aryl methyl sites for hydroxylation is 2. The molecule has 2 fully saturated rings. The van der Waals surface area contributed by atoms with Gasteiger partial charge >= 0.3 is 12.2 Å². The molecule has 4 amide bonds. The van der Waals surface area contributed by atoms with Crippen molar-refractivity contribution in [1.82, 2.24) is 40.4 Å². The number of imidazole rings is 2. The summed E-state index contributed by atoms with van der Waals surface area (Å²) in [4.78, 5) is 73.4. The molecular formula is C55H64N8O6. The van der Waals surface area contributed by atoms with Crippen LogP contribution >= 0.6 is 0 Å². The second kappa shape index (κ2) is 19.2. The minimum atomic E-state index is -0.712. The van der Waals surface area contributed by atoms with Crippen LogP contribution in [0.3, 0.4) is 0 Å². The zero-order chi connectivity index (χ0) is 48.8. The van der Waals surface area contributed by atoms with Gasteiger partial charge in [0.15, 0.2) is 0 Å². The van der Waals surface area contributed by atoms with Crippen LogP contribution < -0.4 is 10.6 Å². The summed E-state index contributed by atoms with van der Waals surface area (Å²) in [6.07, 6.45) is 4.22. The number of rotatable bonds is 10. The average molecular weight is 933 g/mol. The Kier molecular flexibility index (Phi) is 13.1. The molecule has 14 nitrogen and oxygen atoms in total. The molecule has 4 N–H and O–H groups in total. The maximum Gasteiger partial charge on any atom is 0.407 e. The fraction of sp³-hybridized carbons (Fsp3) is 0.418. The van der Waals surface area contributed by atoms with Crippen molar-refractivity contribution in [2.24, 2.45) is 23.7 Å². The van der Waals surface area contributed by atoms with Crippen LogP contribution in [0.15, 0.2) is 72.8 Å². The first-order valence-electron chi connectivity index (χ1n) is 24.3. The summed E-state index contributed by atoms with van der Waals surface area (Å²) in [6.45, 7) is 15.3. The van der Waals surface area contributed by atoms with Crippen molar-refractivity contribution >= 4 is 57.7 Å². The van der Waals surface area contributed by atoms with Crippen LogP contribution in [0.5, 0.6) is 0 Å². The van der Waals surface area contributed by atoms with Crippen molar-refractivity contribution in [2.75, 3.05) is 27.3 Å². The molecule has 4 heterocycles. The lowest BCUT2D eigenvalue weighted by Gasteiger charge is -2.30. The number of nitrogens with one attached hydrogen (secondary N) is 4. The zero-order valence-corrected chi connectivity index (χ0v) is 41.1. The van der Waals surface area contributed by atoms with Gasteiger partial charge in [0, 0.05) is 13.1 Å². The normalized spacial score (nSPS) is 20.8. The number of fused-ring (bicyclic) bond motifs is 2. The van der Waals surface area contributed by atoms with Crippen molar-refractivity contribution < 1.29 is 28.7 Å². The van der Waals surface area contributed by atoms with E-state index in [1.165, 1.54) is 25.3 Å². The third-order valence-corrected chi connectivity index (χ3v) is 14.4. The molecule has 2 aliphatic heterocycles. The number of alkyl carbamates (subject to hydrolysis) is 2. The van der Waals surface area contributed by atoms with Crippen LogP contribution in [0.25, 0.3) is 56.0 Å². The number of benzene rings is 4. The third kappa shape index (κ3) is 9.45. The van der Waals surface area contributed by atoms with E-state index >= 15 is 0 Å². The van der Waals surface area contributed by atoms with Crippen LogP contribution in [0, 0.1) is 23.7 Å². The van der Waals surface area contributed by atoms with E-state index in [9.17, 15) is 19.2 Å². The van der Waals surface area contributed by atoms with Crippen molar-refractivity contribution in [3.05, 3.63) is 107 Å². The molecule has 14 heteroatoms. The minimum Gasteiger partial charge on any atom is -0.453 e. The van der Waals surface area contributed by atoms with Crippen LogP contribution in [0.1, 0.15) is 107 Å². The van der Waals surface area contributed by atoms with E-state index < -0.39 is 24.3 Å². The van der Waals surface area contributed by atoms with E-state index in [1.807, 2.05) is 37.5 Å². The highest BCUT2D eigenvalue weighted by Crippen LogP contribution is 2.40. The van der Waals surface area contributed by atoms with Gasteiger partial charge in [0.25, 0.3) is 0 Å². The zero-order valence-electron chi connectivity index (χ0n) is 41.1. The Morgan fingerprint density at radius 3 is 1.65 bits per heavy atom. The Morgan fingerprint density at radius 2 is 1.14 bits per heavy atom. The highest BCUT2D eigenvalue weighted by molar-refractivity contribution is 5.92. The van der Waals surface area contributed by atoms with Crippen molar-refractivity contribution in [3.8, 4) is 22.3 Å². The van der Waals surface area contributed by atoms with Crippen molar-refractivity contribution in [1.29, 1.82) is 0 Å². The monoisotopic (exact) mass is 932 g/mol. The number of aromatic amines is 2. The van der Waals surface area contributed by atoms with Gasteiger partial charge in [0.2, 0.25) is 11.8 Å². The number of carbonyl (C=O) groups excluding carboxylic acids is 4. The van der Waals surface area contributed by atoms with Gasteiger partial charge in [-0.25, -0.2) is 19.6 Å². The molecule has 0 radical (unpaired) electrons. The molecule has 6 aromatic rings. The molecule has 0 spiro atoms. The first-order chi connectivity index (χ1) is 33.1. The summed E-state index contributed by atoms with van der Waals surface area (Å²) >= 11 is 0. The quantitative estimate of drug-likeness (QED) is 0.105. The Balaban J connectivity index is 0.992. The second-order valence-electron chi connectivity index (χ2n) is 20.2. The molecule has 4 bridgehead atoms. The first kappa shape index (κ1) is 47.1. The average Bonchev–Trinajstić information content (AvgIpc) is 4.14. The molecule has 6 aliphatic rings. The van der Waals surface area contributed by atoms with Gasteiger partial charge in [-0.05, 0) is 137 Å². The predicted octanol–water partition coefficient (Wildman–Crippen LogP) is 10.0. The lowest BCUT2D eigenvalue weighted by Crippen LogP contribution is -2.51. The smallest absolute Gasteiger partial charge is 0.407 e. The number of aromatic nitrogens is 4. The van der Waals surface area contributed by atoms with Gasteiger partial charge in [-0.3, -0.25) is 9.59 Å². The minimum absolute atomic E-state index is 0.124. The lowest BCUT2D eigenvalue weighted by atomic mass is 9.88. The maximum absolute atomic E-state index is 14.0. The molecule has 360 valence electrons. The SMILES string of the molecule is COC(=O)N[C@H](C(=O)N1C[C@H](C)C[C@H]1c1nc2cc(-c3cc4ccc3/C=C(/C)c3ccc(c(-c5ccc6[nH]c([C@@H]7C[C@@H](C)CN7C(=O)[C@@H](NC(=O)OC)C(C)C)nc6c5)c3)CC4)ccc2[nH]1)C(C)C. The van der Waals surface area contributed by atoms with E-state index in [0.29, 0.717) is 13.1 Å². The largest absolute Gasteiger partial charge is 0.453 e. The Bertz CT molecular complexity index is 2990. The maximum atomic E-state index is 14.0. The number of hydrogen-bond donors (Lipinski definition) is 4. The van der Waals surface area contributed by atoms with Crippen LogP contribution in [0.2, 0.25) is 0 Å². The summed E-state index contributed by atoms with van der Waals surface area (Å²) in [5.74, 6) is 1.50. The number of nitrogens with zero attached hydrogens (tertiary/aromatic N) is 4. The van der Waals surface area contributed by atoms with Crippen molar-refractivity contribution in [3.63, 3.8) is 0 Å². The van der Waals surface area contributed by atoms with Gasteiger partial charge in [0.05, 0.1) is 48.4 Å². The predicted molar refractivity (Wildman–Crippen MR) is 269 cm³/mol. The first-order valence-corrected chi connectivity index (χ1v) is 24.3. The summed E-state index contributed by atoms with van der Waals surface area (Å²) < 4.78 is 9.69. The molecule has 2 aromatic heterocycles. The van der Waals surface area contributed by atoms with E-state index in [4.69, 9.17) is 19.4 Å². The Morgan fingerprint density at radius 1 is 0.638 bits per heavy atom. The van der Waals surface area contributed by atoms with E-state index in [0.717, 1.165) is 98.4 Å². The number of amides is 4. The summed E-state index contributed by atoms with van der Waals surface area (Å²) in [6, 6.07) is 24.4. The van der Waals surface area contributed by atoms with Crippen LogP contribution in [-0.4, -0.2) is 93.1 Å². The standard InChI is InChI=1S/C55H64N8O6/c1-29(2)48(60-54(66)68-8)52(64)62-27-31(5)20-46(62)50-56-42-18-16-38(25-44(42)58-50)40-23-34-10-12-35-14-15-36(33(7)22-37(40)13-11-34)24-41(35)39-17-19-43-45(26-39)59-51(57-43)47-21-32(6)28-63(47)53(65)49(30(3)4)61-55(67)69-9/h11,13-19,22-26,29-32,46-49H,10,12,20-21,27-28H2,1-9H3,(H,56,58)(H,57,59)(H,60,66)(H,61,67)/b33-22-/t31-,32-,46+,47+,48+,49+/m1/s1. The van der Waals surface area contributed by atoms with Gasteiger partial charge in [-0.1, -0.05) is 90.1 Å². The van der Waals surface area contributed by atoms with Crippen LogP contribution in [0.4, 0.5) is 9.59 Å². The van der Waals surface area contributed by atoms with Gasteiger partial charge in [-0.15, -0.1) is 0 Å². The number of methoxy groups -OCH3 is 2. The molecule has 0 saturated carbocycles. The highest BCUT2D eigenvalue weighted by atomic mass is 16.5. The number of allylic oxidation sites excluding steroid dienone is 1. The third-order valence-electron chi connectivity index (χ3n) is 14.4. The molecule has 12 rings (SSSR count). The molecule has 2 saturated heterocycles. The van der Waals surface area contributed by atoms with E-state index in [2.05, 4.69) is 120 Å². The van der Waals surface area contributed by atoms with Crippen LogP contribution in [-0.2, 0) is 31.9 Å². The van der Waals surface area contributed by atoms with Gasteiger partial charge in [-0.2, -0.15) is 0 Å². The Hall–Kier alpha value is -6.96. The summed E-state index contributed by atoms with van der Waals surface area (Å²) in [5, 5.41) is 5.51. The number of likely N-dealkylation sites (tertiary alicyclic amines) is 2. The highest BCUT2D eigenvalue weighted by Gasteiger charge is 2.42. The molecule has 4 aromatic carbocycles. The van der Waals surface area contributed by atoms with E-state index in [1.54, 1.807) is 0 Å². The second-order valence-corrected chi connectivity index (χ2v) is 20.2. The summed E-state index contributed by atoms with van der Waals surface area (Å²) in [5.41, 5.74) is 13.7. The molecule has 6 atom stereocenters. The fourth-order valence-corrected chi connectivity index (χ4v) is 10.6. The topological polar surface area (TPSA) is 175 Å². The molecule has 4 aliphatic carbocycles. The molecule has 0 unspecified atom stereocenters.